The predicted molar refractivity (Wildman–Crippen MR) is 75.1 cm³/mol. The minimum Gasteiger partial charge on any atom is -0.440 e. The van der Waals surface area contributed by atoms with E-state index in [2.05, 4.69) is 15.4 Å². The number of halogens is 3. The number of benzene rings is 1. The van der Waals surface area contributed by atoms with E-state index in [0.29, 0.717) is 18.7 Å². The number of nitrogens with one attached hydrogen (secondary N) is 2. The molecule has 0 saturated carbocycles. The van der Waals surface area contributed by atoms with Crippen molar-refractivity contribution in [2.75, 3.05) is 23.8 Å². The van der Waals surface area contributed by atoms with Crippen LogP contribution in [0.2, 0.25) is 0 Å². The highest BCUT2D eigenvalue weighted by molar-refractivity contribution is 5.94. The summed E-state index contributed by atoms with van der Waals surface area (Å²) < 4.78 is 45.0. The zero-order chi connectivity index (χ0) is 16.9. The molecule has 1 aliphatic heterocycles. The van der Waals surface area contributed by atoms with Crippen LogP contribution in [0.25, 0.3) is 0 Å². The summed E-state index contributed by atoms with van der Waals surface area (Å²) in [6, 6.07) is 5.87. The van der Waals surface area contributed by atoms with Gasteiger partial charge in [-0.05, 0) is 37.1 Å². The number of alkyl halides is 3. The van der Waals surface area contributed by atoms with Crippen molar-refractivity contribution in [2.24, 2.45) is 0 Å². The summed E-state index contributed by atoms with van der Waals surface area (Å²) in [6.07, 6.45) is -4.76. The SMILES string of the molecule is O=C(Nc1ccc(NC(=O)C2CCCO2)cc1)OCC(F)(F)F. The maximum Gasteiger partial charge on any atom is 0.422 e. The molecule has 1 aromatic carbocycles. The molecule has 9 heteroatoms. The van der Waals surface area contributed by atoms with Gasteiger partial charge in [-0.1, -0.05) is 0 Å². The average Bonchev–Trinajstić information content (AvgIpc) is 3.01. The molecule has 1 atom stereocenters. The zero-order valence-electron chi connectivity index (χ0n) is 12.0. The molecule has 126 valence electrons. The van der Waals surface area contributed by atoms with Crippen LogP contribution in [0.4, 0.5) is 29.3 Å². The van der Waals surface area contributed by atoms with Crippen LogP contribution in [0.5, 0.6) is 0 Å². The van der Waals surface area contributed by atoms with Crippen molar-refractivity contribution >= 4 is 23.4 Å². The van der Waals surface area contributed by atoms with Gasteiger partial charge in [-0.3, -0.25) is 10.1 Å². The van der Waals surface area contributed by atoms with Gasteiger partial charge in [-0.2, -0.15) is 13.2 Å². The molecule has 1 saturated heterocycles. The minimum atomic E-state index is -4.58. The standard InChI is InChI=1S/C14H15F3N2O4/c15-14(16,17)8-23-13(21)19-10-5-3-9(4-6-10)18-12(20)11-2-1-7-22-11/h3-6,11H,1-2,7-8H2,(H,18,20)(H,19,21). The van der Waals surface area contributed by atoms with E-state index in [1.54, 1.807) is 0 Å². The van der Waals surface area contributed by atoms with Crippen LogP contribution in [0.3, 0.4) is 0 Å². The first-order valence-corrected chi connectivity index (χ1v) is 6.86. The fourth-order valence-corrected chi connectivity index (χ4v) is 1.95. The van der Waals surface area contributed by atoms with Gasteiger partial charge < -0.3 is 14.8 Å². The van der Waals surface area contributed by atoms with Crippen molar-refractivity contribution in [3.8, 4) is 0 Å². The maximum absolute atomic E-state index is 11.9. The quantitative estimate of drug-likeness (QED) is 0.889. The Labute approximate surface area is 129 Å². The number of ether oxygens (including phenoxy) is 2. The molecule has 0 aliphatic carbocycles. The van der Waals surface area contributed by atoms with Crippen LogP contribution in [0, 0.1) is 0 Å². The molecule has 2 N–H and O–H groups in total. The highest BCUT2D eigenvalue weighted by Gasteiger charge is 2.29. The van der Waals surface area contributed by atoms with Crippen molar-refractivity contribution in [3.63, 3.8) is 0 Å². The summed E-state index contributed by atoms with van der Waals surface area (Å²) in [7, 11) is 0. The van der Waals surface area contributed by atoms with Crippen LogP contribution >= 0.6 is 0 Å². The van der Waals surface area contributed by atoms with Gasteiger partial charge in [0.1, 0.15) is 6.10 Å². The Bertz CT molecular complexity index is 554. The number of amides is 2. The minimum absolute atomic E-state index is 0.243. The van der Waals surface area contributed by atoms with Crippen LogP contribution in [-0.2, 0) is 14.3 Å². The van der Waals surface area contributed by atoms with Gasteiger partial charge in [0, 0.05) is 18.0 Å². The summed E-state index contributed by atoms with van der Waals surface area (Å²) in [5, 5.41) is 4.80. The van der Waals surface area contributed by atoms with E-state index in [9.17, 15) is 22.8 Å². The van der Waals surface area contributed by atoms with Crippen LogP contribution in [0.1, 0.15) is 12.8 Å². The molecule has 0 bridgehead atoms. The molecule has 23 heavy (non-hydrogen) atoms. The second-order valence-corrected chi connectivity index (χ2v) is 4.88. The number of carbonyl (C=O) groups is 2. The molecule has 0 radical (unpaired) electrons. The summed E-state index contributed by atoms with van der Waals surface area (Å²) in [6.45, 7) is -1.10. The molecule has 6 nitrogen and oxygen atoms in total. The third-order valence-electron chi connectivity index (χ3n) is 2.99. The van der Waals surface area contributed by atoms with Crippen molar-refractivity contribution in [2.45, 2.75) is 25.1 Å². The summed E-state index contributed by atoms with van der Waals surface area (Å²) in [4.78, 5) is 23.0. The molecule has 2 rings (SSSR count). The molecule has 1 aliphatic rings. The highest BCUT2D eigenvalue weighted by Crippen LogP contribution is 2.18. The molecular formula is C14H15F3N2O4. The molecule has 1 heterocycles. The normalized spacial score (nSPS) is 17.6. The molecule has 0 spiro atoms. The zero-order valence-corrected chi connectivity index (χ0v) is 12.0. The maximum atomic E-state index is 11.9. The molecule has 0 aromatic heterocycles. The van der Waals surface area contributed by atoms with E-state index in [1.165, 1.54) is 24.3 Å². The number of anilines is 2. The largest absolute Gasteiger partial charge is 0.440 e. The fraction of sp³-hybridized carbons (Fsp3) is 0.429. The molecular weight excluding hydrogens is 317 g/mol. The number of rotatable bonds is 4. The predicted octanol–water partition coefficient (Wildman–Crippen LogP) is 2.91. The highest BCUT2D eigenvalue weighted by atomic mass is 19.4. The molecule has 2 amide bonds. The van der Waals surface area contributed by atoms with E-state index in [1.807, 2.05) is 0 Å². The summed E-state index contributed by atoms with van der Waals surface area (Å²) in [5.41, 5.74) is 0.729. The van der Waals surface area contributed by atoms with E-state index < -0.39 is 25.0 Å². The van der Waals surface area contributed by atoms with E-state index in [0.717, 1.165) is 6.42 Å². The van der Waals surface area contributed by atoms with Crippen molar-refractivity contribution in [1.82, 2.24) is 0 Å². The van der Waals surface area contributed by atoms with Gasteiger partial charge >= 0.3 is 12.3 Å². The average molecular weight is 332 g/mol. The van der Waals surface area contributed by atoms with Crippen molar-refractivity contribution < 1.29 is 32.2 Å². The van der Waals surface area contributed by atoms with Crippen LogP contribution in [-0.4, -0.2) is 37.5 Å². The van der Waals surface area contributed by atoms with Gasteiger partial charge in [0.2, 0.25) is 0 Å². The fourth-order valence-electron chi connectivity index (χ4n) is 1.95. The lowest BCUT2D eigenvalue weighted by atomic mass is 10.2. The van der Waals surface area contributed by atoms with Crippen molar-refractivity contribution in [3.05, 3.63) is 24.3 Å². The molecule has 1 unspecified atom stereocenters. The van der Waals surface area contributed by atoms with Gasteiger partial charge in [-0.25, -0.2) is 4.79 Å². The van der Waals surface area contributed by atoms with Gasteiger partial charge in [0.25, 0.3) is 5.91 Å². The Morgan fingerprint density at radius 1 is 1.17 bits per heavy atom. The van der Waals surface area contributed by atoms with Gasteiger partial charge in [0.15, 0.2) is 6.61 Å². The second kappa shape index (κ2) is 7.32. The Morgan fingerprint density at radius 2 is 1.78 bits per heavy atom. The first-order chi connectivity index (χ1) is 10.8. The number of hydrogen-bond acceptors (Lipinski definition) is 4. The smallest absolute Gasteiger partial charge is 0.422 e. The first-order valence-electron chi connectivity index (χ1n) is 6.86. The van der Waals surface area contributed by atoms with E-state index >= 15 is 0 Å². The van der Waals surface area contributed by atoms with Gasteiger partial charge in [-0.15, -0.1) is 0 Å². The Balaban J connectivity index is 1.82. The summed E-state index contributed by atoms with van der Waals surface area (Å²) in [5.74, 6) is -0.257. The lowest BCUT2D eigenvalue weighted by Gasteiger charge is -2.11. The first kappa shape index (κ1) is 17.1. The van der Waals surface area contributed by atoms with Gasteiger partial charge in [0.05, 0.1) is 0 Å². The lowest BCUT2D eigenvalue weighted by molar-refractivity contribution is -0.159. The topological polar surface area (TPSA) is 76.7 Å². The van der Waals surface area contributed by atoms with Crippen LogP contribution < -0.4 is 10.6 Å². The lowest BCUT2D eigenvalue weighted by Crippen LogP contribution is -2.26. The number of hydrogen-bond donors (Lipinski definition) is 2. The second-order valence-electron chi connectivity index (χ2n) is 4.88. The van der Waals surface area contributed by atoms with Crippen molar-refractivity contribution in [1.29, 1.82) is 0 Å². The van der Waals surface area contributed by atoms with E-state index in [-0.39, 0.29) is 11.6 Å². The third-order valence-corrected chi connectivity index (χ3v) is 2.99. The Hall–Kier alpha value is -2.29. The summed E-state index contributed by atoms with van der Waals surface area (Å²) >= 11 is 0. The number of carbonyl (C=O) groups excluding carboxylic acids is 2. The molecule has 1 fully saturated rings. The Kier molecular flexibility index (Phi) is 5.43. The monoisotopic (exact) mass is 332 g/mol. The molecule has 1 aromatic rings. The van der Waals surface area contributed by atoms with Crippen LogP contribution in [0.15, 0.2) is 24.3 Å². The van der Waals surface area contributed by atoms with E-state index in [4.69, 9.17) is 4.74 Å². The Morgan fingerprint density at radius 3 is 2.30 bits per heavy atom. The third kappa shape index (κ3) is 5.78.